The smallest absolute Gasteiger partial charge is 0.337 e. The van der Waals surface area contributed by atoms with Crippen molar-refractivity contribution >= 4 is 17.3 Å². The summed E-state index contributed by atoms with van der Waals surface area (Å²) in [6, 6.07) is 5.63. The number of aliphatic hydroxyl groups excluding tert-OH is 1. The highest BCUT2D eigenvalue weighted by Gasteiger charge is 2.26. The van der Waals surface area contributed by atoms with Crippen molar-refractivity contribution in [2.24, 2.45) is 0 Å². The first-order valence-corrected chi connectivity index (χ1v) is 7.02. The number of rotatable bonds is 5. The number of hydrogen-bond donors (Lipinski definition) is 2. The molecule has 0 amide bonds. The zero-order chi connectivity index (χ0) is 14.5. The molecule has 110 valence electrons. The fourth-order valence-electron chi connectivity index (χ4n) is 2.82. The third-order valence-corrected chi connectivity index (χ3v) is 3.83. The summed E-state index contributed by atoms with van der Waals surface area (Å²) >= 11 is 0. The van der Waals surface area contributed by atoms with Gasteiger partial charge in [0.25, 0.3) is 0 Å². The molecule has 1 aliphatic rings. The number of carbonyl (C=O) groups is 1. The van der Waals surface area contributed by atoms with E-state index in [1.807, 2.05) is 0 Å². The molecule has 1 heterocycles. The summed E-state index contributed by atoms with van der Waals surface area (Å²) in [5.74, 6) is -0.350. The van der Waals surface area contributed by atoms with Gasteiger partial charge in [-0.15, -0.1) is 0 Å². The van der Waals surface area contributed by atoms with Crippen molar-refractivity contribution in [1.29, 1.82) is 0 Å². The second-order valence-electron chi connectivity index (χ2n) is 5.12. The molecule has 2 rings (SSSR count). The Kier molecular flexibility index (Phi) is 4.84. The molecule has 1 fully saturated rings. The lowest BCUT2D eigenvalue weighted by Gasteiger charge is -2.28. The Labute approximate surface area is 119 Å². The van der Waals surface area contributed by atoms with Gasteiger partial charge in [-0.2, -0.15) is 0 Å². The molecule has 1 aromatic rings. The van der Waals surface area contributed by atoms with E-state index in [1.54, 1.807) is 18.2 Å². The van der Waals surface area contributed by atoms with E-state index in [4.69, 9.17) is 15.6 Å². The molecule has 1 aromatic carbocycles. The van der Waals surface area contributed by atoms with Crippen LogP contribution in [-0.4, -0.2) is 37.4 Å². The van der Waals surface area contributed by atoms with Crippen LogP contribution < -0.4 is 10.6 Å². The molecule has 5 nitrogen and oxygen atoms in total. The number of methoxy groups -OCH3 is 1. The van der Waals surface area contributed by atoms with Gasteiger partial charge in [-0.25, -0.2) is 4.79 Å². The third-order valence-electron chi connectivity index (χ3n) is 3.83. The summed E-state index contributed by atoms with van der Waals surface area (Å²) in [4.78, 5) is 13.9. The lowest BCUT2D eigenvalue weighted by atomic mass is 10.1. The van der Waals surface area contributed by atoms with E-state index >= 15 is 0 Å². The predicted octanol–water partition coefficient (Wildman–Crippen LogP) is 1.80. The largest absolute Gasteiger partial charge is 0.465 e. The van der Waals surface area contributed by atoms with Crippen LogP contribution in [0.1, 0.15) is 36.0 Å². The number of carbonyl (C=O) groups excluding carboxylic acids is 1. The number of ether oxygens (including phenoxy) is 1. The lowest BCUT2D eigenvalue weighted by molar-refractivity contribution is 0.0601. The highest BCUT2D eigenvalue weighted by molar-refractivity contribution is 5.92. The van der Waals surface area contributed by atoms with Gasteiger partial charge in [0.15, 0.2) is 0 Å². The normalized spacial score (nSPS) is 18.3. The van der Waals surface area contributed by atoms with Crippen molar-refractivity contribution in [3.63, 3.8) is 0 Å². The molecule has 3 N–H and O–H groups in total. The van der Waals surface area contributed by atoms with E-state index in [0.717, 1.165) is 37.9 Å². The zero-order valence-corrected chi connectivity index (χ0v) is 11.8. The number of aliphatic hydroxyl groups is 1. The standard InChI is InChI=1S/C15H22N2O3/c1-20-15(19)11-6-7-13(16)14(10-11)17-8-2-4-12(17)5-3-9-18/h6-7,10,12,18H,2-5,8-9,16H2,1H3. The maximum Gasteiger partial charge on any atom is 0.337 e. The number of hydrogen-bond acceptors (Lipinski definition) is 5. The van der Waals surface area contributed by atoms with Gasteiger partial charge in [0.2, 0.25) is 0 Å². The van der Waals surface area contributed by atoms with Crippen molar-refractivity contribution in [2.75, 3.05) is 30.9 Å². The number of benzene rings is 1. The van der Waals surface area contributed by atoms with E-state index < -0.39 is 0 Å². The minimum Gasteiger partial charge on any atom is -0.465 e. The number of nitrogens with two attached hydrogens (primary N) is 1. The lowest BCUT2D eigenvalue weighted by Crippen LogP contribution is -2.30. The monoisotopic (exact) mass is 278 g/mol. The summed E-state index contributed by atoms with van der Waals surface area (Å²) in [5, 5.41) is 8.98. The van der Waals surface area contributed by atoms with Crippen LogP contribution in [-0.2, 0) is 4.74 Å². The molecule has 1 saturated heterocycles. The van der Waals surface area contributed by atoms with Crippen LogP contribution in [0.5, 0.6) is 0 Å². The van der Waals surface area contributed by atoms with Crippen LogP contribution in [0.2, 0.25) is 0 Å². The van der Waals surface area contributed by atoms with Crippen molar-refractivity contribution in [3.05, 3.63) is 23.8 Å². The average Bonchev–Trinajstić information content (AvgIpc) is 2.93. The summed E-state index contributed by atoms with van der Waals surface area (Å²) in [5.41, 5.74) is 8.15. The van der Waals surface area contributed by atoms with Crippen LogP contribution in [0.4, 0.5) is 11.4 Å². The van der Waals surface area contributed by atoms with Crippen LogP contribution in [0, 0.1) is 0 Å². The van der Waals surface area contributed by atoms with Crippen LogP contribution >= 0.6 is 0 Å². The van der Waals surface area contributed by atoms with E-state index in [2.05, 4.69) is 4.90 Å². The van der Waals surface area contributed by atoms with Gasteiger partial charge in [0, 0.05) is 19.2 Å². The first kappa shape index (κ1) is 14.7. The molecule has 5 heteroatoms. The van der Waals surface area contributed by atoms with Gasteiger partial charge in [-0.1, -0.05) is 0 Å². The van der Waals surface area contributed by atoms with Gasteiger partial charge in [-0.3, -0.25) is 0 Å². The molecule has 0 aromatic heterocycles. The van der Waals surface area contributed by atoms with E-state index in [-0.39, 0.29) is 12.6 Å². The molecule has 1 unspecified atom stereocenters. The van der Waals surface area contributed by atoms with E-state index in [1.165, 1.54) is 7.11 Å². The molecular weight excluding hydrogens is 256 g/mol. The Balaban J connectivity index is 2.24. The van der Waals surface area contributed by atoms with Crippen molar-refractivity contribution in [3.8, 4) is 0 Å². The van der Waals surface area contributed by atoms with Crippen molar-refractivity contribution < 1.29 is 14.6 Å². The van der Waals surface area contributed by atoms with Crippen LogP contribution in [0.3, 0.4) is 0 Å². The van der Waals surface area contributed by atoms with Crippen LogP contribution in [0.15, 0.2) is 18.2 Å². The molecule has 20 heavy (non-hydrogen) atoms. The highest BCUT2D eigenvalue weighted by Crippen LogP contribution is 2.33. The van der Waals surface area contributed by atoms with E-state index in [9.17, 15) is 4.79 Å². The van der Waals surface area contributed by atoms with Crippen LogP contribution in [0.25, 0.3) is 0 Å². The number of anilines is 2. The molecule has 0 radical (unpaired) electrons. The summed E-state index contributed by atoms with van der Waals surface area (Å²) < 4.78 is 4.75. The zero-order valence-electron chi connectivity index (χ0n) is 11.8. The first-order chi connectivity index (χ1) is 9.67. The second kappa shape index (κ2) is 6.61. The molecule has 0 aliphatic carbocycles. The van der Waals surface area contributed by atoms with Gasteiger partial charge < -0.3 is 20.5 Å². The molecule has 0 bridgehead atoms. The first-order valence-electron chi connectivity index (χ1n) is 7.02. The third kappa shape index (κ3) is 3.04. The minimum atomic E-state index is -0.350. The van der Waals surface area contributed by atoms with Gasteiger partial charge in [0.1, 0.15) is 0 Å². The SMILES string of the molecule is COC(=O)c1ccc(N)c(N2CCCC2CCCO)c1. The molecular formula is C15H22N2O3. The van der Waals surface area contributed by atoms with Crippen molar-refractivity contribution in [2.45, 2.75) is 31.7 Å². The summed E-state index contributed by atoms with van der Waals surface area (Å²) in [7, 11) is 1.37. The topological polar surface area (TPSA) is 75.8 Å². The Hall–Kier alpha value is -1.75. The fourth-order valence-corrected chi connectivity index (χ4v) is 2.82. The van der Waals surface area contributed by atoms with Gasteiger partial charge in [0.05, 0.1) is 24.0 Å². The number of nitrogen functional groups attached to an aromatic ring is 1. The Morgan fingerprint density at radius 3 is 3.05 bits per heavy atom. The molecule has 0 saturated carbocycles. The number of esters is 1. The van der Waals surface area contributed by atoms with Gasteiger partial charge in [-0.05, 0) is 43.9 Å². The fraction of sp³-hybridized carbons (Fsp3) is 0.533. The minimum absolute atomic E-state index is 0.210. The maximum atomic E-state index is 11.6. The second-order valence-corrected chi connectivity index (χ2v) is 5.12. The number of nitrogens with zero attached hydrogens (tertiary/aromatic N) is 1. The highest BCUT2D eigenvalue weighted by atomic mass is 16.5. The molecule has 1 aliphatic heterocycles. The summed E-state index contributed by atoms with van der Waals surface area (Å²) in [6.45, 7) is 1.15. The van der Waals surface area contributed by atoms with Gasteiger partial charge >= 0.3 is 5.97 Å². The summed E-state index contributed by atoms with van der Waals surface area (Å²) in [6.07, 6.45) is 3.94. The average molecular weight is 278 g/mol. The maximum absolute atomic E-state index is 11.6. The predicted molar refractivity (Wildman–Crippen MR) is 78.9 cm³/mol. The quantitative estimate of drug-likeness (QED) is 0.634. The van der Waals surface area contributed by atoms with Crippen molar-refractivity contribution in [1.82, 2.24) is 0 Å². The molecule has 1 atom stereocenters. The Morgan fingerprint density at radius 1 is 1.55 bits per heavy atom. The Bertz CT molecular complexity index is 476. The Morgan fingerprint density at radius 2 is 2.35 bits per heavy atom. The van der Waals surface area contributed by atoms with E-state index in [0.29, 0.717) is 17.3 Å². The molecule has 0 spiro atoms.